The predicted octanol–water partition coefficient (Wildman–Crippen LogP) is 3.04. The van der Waals surface area contributed by atoms with Crippen molar-refractivity contribution < 1.29 is 0 Å². The Morgan fingerprint density at radius 3 is 2.86 bits per heavy atom. The molecule has 0 amide bonds. The third-order valence-corrected chi connectivity index (χ3v) is 4.15. The fraction of sp³-hybridized carbons (Fsp3) is 0.412. The van der Waals surface area contributed by atoms with Crippen LogP contribution in [0.5, 0.6) is 0 Å². The Balaban J connectivity index is 1.87. The lowest BCUT2D eigenvalue weighted by atomic mass is 10.1. The third-order valence-electron chi connectivity index (χ3n) is 3.45. The van der Waals surface area contributed by atoms with Gasteiger partial charge in [-0.1, -0.05) is 24.3 Å². The zero-order chi connectivity index (χ0) is 15.6. The molecular weight excluding hydrogens is 292 g/mol. The summed E-state index contributed by atoms with van der Waals surface area (Å²) in [6.45, 7) is 1.67. The van der Waals surface area contributed by atoms with Gasteiger partial charge >= 0.3 is 0 Å². The maximum atomic E-state index is 4.48. The predicted molar refractivity (Wildman–Crippen MR) is 97.6 cm³/mol. The molecule has 0 saturated heterocycles. The van der Waals surface area contributed by atoms with Crippen molar-refractivity contribution in [1.82, 2.24) is 15.6 Å². The van der Waals surface area contributed by atoms with E-state index in [4.69, 9.17) is 0 Å². The second-order valence-corrected chi connectivity index (χ2v) is 6.03. The number of unbranched alkanes of at least 4 members (excludes halogenated alkanes) is 1. The smallest absolute Gasteiger partial charge is 0.191 e. The second-order valence-electron chi connectivity index (χ2n) is 5.04. The van der Waals surface area contributed by atoms with Gasteiger partial charge in [-0.3, -0.25) is 9.98 Å². The fourth-order valence-corrected chi connectivity index (χ4v) is 2.78. The summed E-state index contributed by atoms with van der Waals surface area (Å²) < 4.78 is 0. The molecule has 0 atom stereocenters. The van der Waals surface area contributed by atoms with E-state index < -0.39 is 0 Å². The van der Waals surface area contributed by atoms with E-state index in [9.17, 15) is 0 Å². The summed E-state index contributed by atoms with van der Waals surface area (Å²) in [6, 6.07) is 10.3. The van der Waals surface area contributed by atoms with Crippen molar-refractivity contribution in [2.75, 3.05) is 25.6 Å². The molecule has 4 nitrogen and oxygen atoms in total. The van der Waals surface area contributed by atoms with Crippen molar-refractivity contribution in [1.29, 1.82) is 0 Å². The number of nitrogens with one attached hydrogen (secondary N) is 2. The van der Waals surface area contributed by atoms with Crippen LogP contribution in [0.2, 0.25) is 0 Å². The van der Waals surface area contributed by atoms with Crippen molar-refractivity contribution >= 4 is 28.6 Å². The van der Waals surface area contributed by atoms with Crippen LogP contribution in [0.3, 0.4) is 0 Å². The van der Waals surface area contributed by atoms with Gasteiger partial charge in [0.05, 0.1) is 5.52 Å². The molecule has 0 aliphatic heterocycles. The summed E-state index contributed by atoms with van der Waals surface area (Å²) in [5.41, 5.74) is 2.23. The standard InChI is InChI=1S/C17H24N4S/c1-18-17(20-10-3-4-12-22-2)21-13-15-8-5-7-14-9-6-11-19-16(14)15/h5-9,11H,3-4,10,12-13H2,1-2H3,(H2,18,20,21). The molecule has 1 aromatic carbocycles. The van der Waals surface area contributed by atoms with Gasteiger partial charge in [-0.05, 0) is 36.5 Å². The van der Waals surface area contributed by atoms with Crippen LogP contribution in [-0.2, 0) is 6.54 Å². The SMILES string of the molecule is CN=C(NCCCCSC)NCc1cccc2cccnc12. The monoisotopic (exact) mass is 316 g/mol. The van der Waals surface area contributed by atoms with E-state index in [1.54, 1.807) is 7.05 Å². The largest absolute Gasteiger partial charge is 0.356 e. The molecule has 118 valence electrons. The Hall–Kier alpha value is -1.75. The van der Waals surface area contributed by atoms with Crippen LogP contribution in [0.15, 0.2) is 41.5 Å². The van der Waals surface area contributed by atoms with Gasteiger partial charge in [0.2, 0.25) is 0 Å². The van der Waals surface area contributed by atoms with Crippen LogP contribution in [0.25, 0.3) is 10.9 Å². The van der Waals surface area contributed by atoms with Crippen molar-refractivity contribution in [3.8, 4) is 0 Å². The molecule has 22 heavy (non-hydrogen) atoms. The van der Waals surface area contributed by atoms with Gasteiger partial charge in [0, 0.05) is 31.7 Å². The van der Waals surface area contributed by atoms with Gasteiger partial charge in [0.15, 0.2) is 5.96 Å². The lowest BCUT2D eigenvalue weighted by Crippen LogP contribution is -2.37. The number of hydrogen-bond donors (Lipinski definition) is 2. The number of rotatable bonds is 7. The first-order valence-electron chi connectivity index (χ1n) is 7.61. The lowest BCUT2D eigenvalue weighted by molar-refractivity contribution is 0.733. The van der Waals surface area contributed by atoms with Crippen LogP contribution in [-0.4, -0.2) is 36.5 Å². The maximum Gasteiger partial charge on any atom is 0.191 e. The summed E-state index contributed by atoms with van der Waals surface area (Å²) in [5, 5.41) is 7.89. The number of thioether (sulfide) groups is 1. The average molecular weight is 316 g/mol. The van der Waals surface area contributed by atoms with E-state index in [-0.39, 0.29) is 0 Å². The molecule has 0 bridgehead atoms. The number of pyridine rings is 1. The van der Waals surface area contributed by atoms with E-state index in [0.717, 1.165) is 31.0 Å². The first-order chi connectivity index (χ1) is 10.8. The van der Waals surface area contributed by atoms with Crippen LogP contribution in [0, 0.1) is 0 Å². The molecule has 0 fully saturated rings. The molecule has 5 heteroatoms. The molecular formula is C17H24N4S. The number of guanidine groups is 1. The van der Waals surface area contributed by atoms with Crippen LogP contribution >= 0.6 is 11.8 Å². The zero-order valence-corrected chi connectivity index (χ0v) is 14.1. The van der Waals surface area contributed by atoms with E-state index in [1.165, 1.54) is 23.1 Å². The summed E-state index contributed by atoms with van der Waals surface area (Å²) in [6.07, 6.45) is 6.38. The minimum Gasteiger partial charge on any atom is -0.356 e. The van der Waals surface area contributed by atoms with E-state index in [0.29, 0.717) is 0 Å². The highest BCUT2D eigenvalue weighted by Gasteiger charge is 2.03. The molecule has 0 radical (unpaired) electrons. The normalized spacial score (nSPS) is 11.6. The van der Waals surface area contributed by atoms with Gasteiger partial charge in [-0.25, -0.2) is 0 Å². The van der Waals surface area contributed by atoms with Crippen molar-refractivity contribution in [3.05, 3.63) is 42.1 Å². The number of fused-ring (bicyclic) bond motifs is 1. The maximum absolute atomic E-state index is 4.48. The highest BCUT2D eigenvalue weighted by molar-refractivity contribution is 7.98. The van der Waals surface area contributed by atoms with E-state index in [1.807, 2.05) is 24.0 Å². The quantitative estimate of drug-likeness (QED) is 0.468. The molecule has 0 saturated carbocycles. The summed E-state index contributed by atoms with van der Waals surface area (Å²) >= 11 is 1.89. The summed E-state index contributed by atoms with van der Waals surface area (Å²) in [5.74, 6) is 2.06. The van der Waals surface area contributed by atoms with Gasteiger partial charge in [0.1, 0.15) is 0 Å². The molecule has 0 aliphatic carbocycles. The van der Waals surface area contributed by atoms with Crippen molar-refractivity contribution in [3.63, 3.8) is 0 Å². The Labute approximate surface area is 136 Å². The molecule has 0 unspecified atom stereocenters. The van der Waals surface area contributed by atoms with Gasteiger partial charge in [-0.2, -0.15) is 11.8 Å². The lowest BCUT2D eigenvalue weighted by Gasteiger charge is -2.12. The van der Waals surface area contributed by atoms with Crippen LogP contribution in [0.4, 0.5) is 0 Å². The minimum absolute atomic E-state index is 0.721. The molecule has 0 spiro atoms. The highest BCUT2D eigenvalue weighted by Crippen LogP contribution is 2.15. The first-order valence-corrected chi connectivity index (χ1v) is 9.00. The summed E-state index contributed by atoms with van der Waals surface area (Å²) in [4.78, 5) is 8.75. The number of aliphatic imine (C=N–C) groups is 1. The molecule has 2 aromatic rings. The number of hydrogen-bond acceptors (Lipinski definition) is 3. The Kier molecular flexibility index (Phi) is 7.03. The zero-order valence-electron chi connectivity index (χ0n) is 13.3. The highest BCUT2D eigenvalue weighted by atomic mass is 32.2. The van der Waals surface area contributed by atoms with E-state index >= 15 is 0 Å². The van der Waals surface area contributed by atoms with Crippen LogP contribution in [0.1, 0.15) is 18.4 Å². The second kappa shape index (κ2) is 9.30. The Bertz CT molecular complexity index is 607. The minimum atomic E-state index is 0.721. The average Bonchev–Trinajstić information content (AvgIpc) is 2.57. The number of aromatic nitrogens is 1. The van der Waals surface area contributed by atoms with Gasteiger partial charge < -0.3 is 10.6 Å². The molecule has 1 heterocycles. The number of nitrogens with zero attached hydrogens (tertiary/aromatic N) is 2. The van der Waals surface area contributed by atoms with E-state index in [2.05, 4.69) is 51.1 Å². The van der Waals surface area contributed by atoms with Crippen molar-refractivity contribution in [2.45, 2.75) is 19.4 Å². The summed E-state index contributed by atoms with van der Waals surface area (Å²) in [7, 11) is 1.80. The molecule has 2 rings (SSSR count). The van der Waals surface area contributed by atoms with Gasteiger partial charge in [0.25, 0.3) is 0 Å². The van der Waals surface area contributed by atoms with Crippen LogP contribution < -0.4 is 10.6 Å². The van der Waals surface area contributed by atoms with Crippen molar-refractivity contribution in [2.24, 2.45) is 4.99 Å². The molecule has 2 N–H and O–H groups in total. The third kappa shape index (κ3) is 4.91. The van der Waals surface area contributed by atoms with Gasteiger partial charge in [-0.15, -0.1) is 0 Å². The Morgan fingerprint density at radius 1 is 1.18 bits per heavy atom. The number of para-hydroxylation sites is 1. The Morgan fingerprint density at radius 2 is 2.05 bits per heavy atom. The molecule has 0 aliphatic rings. The first kappa shape index (κ1) is 16.6. The fourth-order valence-electron chi connectivity index (χ4n) is 2.29. The topological polar surface area (TPSA) is 49.3 Å². The molecule has 1 aromatic heterocycles. The number of benzene rings is 1.